The van der Waals surface area contributed by atoms with Crippen LogP contribution in [0.25, 0.3) is 0 Å². The highest BCUT2D eigenvalue weighted by Crippen LogP contribution is 2.32. The lowest BCUT2D eigenvalue weighted by Gasteiger charge is -2.47. The normalized spacial score (nSPS) is 18.3. The number of fused-ring (bicyclic) bond motifs is 1. The monoisotopic (exact) mass is 476 g/mol. The molecule has 0 spiro atoms. The fraction of sp³-hybridized carbons (Fsp3) is 0.750. The molecule has 1 fully saturated rings. The van der Waals surface area contributed by atoms with Gasteiger partial charge in [-0.05, 0) is 40.0 Å². The number of piperazine rings is 1. The Morgan fingerprint density at radius 1 is 1.03 bits per heavy atom. The number of rotatable bonds is 5. The fourth-order valence-corrected chi connectivity index (χ4v) is 5.00. The van der Waals surface area contributed by atoms with Crippen LogP contribution in [0.2, 0.25) is 0 Å². The first-order valence-corrected chi connectivity index (χ1v) is 12.0. The maximum absolute atomic E-state index is 13.6. The standard InChI is InChI=1S/C24H40N6O4/c1-16-18-15-28(21(32)29(18)17(2)25-16)14-11-26-9-12-27(13-10-26)20(31)19(23(3,4)5)30(22(33)34)24(6,7)8/h19H,9-15H2,1-8H3,(H,33,34)/t19-/m0/s1. The number of hydrogen-bond donors (Lipinski definition) is 1. The minimum absolute atomic E-state index is 0.0223. The van der Waals surface area contributed by atoms with E-state index in [9.17, 15) is 19.5 Å². The maximum atomic E-state index is 13.6. The van der Waals surface area contributed by atoms with E-state index in [1.54, 1.807) is 9.47 Å². The Morgan fingerprint density at radius 3 is 2.09 bits per heavy atom. The Balaban J connectivity index is 1.59. The molecule has 1 N–H and O–H groups in total. The van der Waals surface area contributed by atoms with Crippen LogP contribution < -0.4 is 0 Å². The van der Waals surface area contributed by atoms with Gasteiger partial charge in [-0.25, -0.2) is 14.6 Å². The van der Waals surface area contributed by atoms with Gasteiger partial charge in [-0.3, -0.25) is 19.2 Å². The van der Waals surface area contributed by atoms with E-state index in [2.05, 4.69) is 9.88 Å². The molecule has 1 atom stereocenters. The van der Waals surface area contributed by atoms with Crippen molar-refractivity contribution in [3.05, 3.63) is 17.2 Å². The van der Waals surface area contributed by atoms with Crippen molar-refractivity contribution in [3.63, 3.8) is 0 Å². The number of hydrogen-bond acceptors (Lipinski definition) is 5. The van der Waals surface area contributed by atoms with E-state index in [0.29, 0.717) is 39.3 Å². The van der Waals surface area contributed by atoms with Crippen LogP contribution in [-0.4, -0.2) is 103 Å². The van der Waals surface area contributed by atoms with Crippen molar-refractivity contribution in [2.75, 3.05) is 39.3 Å². The zero-order valence-electron chi connectivity index (χ0n) is 21.9. The lowest BCUT2D eigenvalue weighted by Crippen LogP contribution is -2.63. The van der Waals surface area contributed by atoms with Gasteiger partial charge in [-0.1, -0.05) is 20.8 Å². The van der Waals surface area contributed by atoms with Crippen LogP contribution in [-0.2, 0) is 11.3 Å². The van der Waals surface area contributed by atoms with E-state index < -0.39 is 23.1 Å². The molecule has 2 aliphatic heterocycles. The molecule has 1 aromatic rings. The average molecular weight is 477 g/mol. The van der Waals surface area contributed by atoms with Gasteiger partial charge in [0.1, 0.15) is 11.9 Å². The first kappa shape index (κ1) is 26.0. The predicted octanol–water partition coefficient (Wildman–Crippen LogP) is 2.62. The highest BCUT2D eigenvalue weighted by atomic mass is 16.4. The molecule has 1 aromatic heterocycles. The third-order valence-corrected chi connectivity index (χ3v) is 6.75. The minimum Gasteiger partial charge on any atom is -0.465 e. The number of imidazole rings is 1. The van der Waals surface area contributed by atoms with Gasteiger partial charge < -0.3 is 14.9 Å². The number of aryl methyl sites for hydroxylation is 2. The summed E-state index contributed by atoms with van der Waals surface area (Å²) in [5.41, 5.74) is 0.624. The maximum Gasteiger partial charge on any atom is 0.408 e. The van der Waals surface area contributed by atoms with Gasteiger partial charge in [0.05, 0.1) is 17.9 Å². The number of amides is 3. The topological polar surface area (TPSA) is 102 Å². The highest BCUT2D eigenvalue weighted by Gasteiger charge is 2.46. The van der Waals surface area contributed by atoms with Crippen LogP contribution in [0.4, 0.5) is 9.59 Å². The quantitative estimate of drug-likeness (QED) is 0.701. The molecule has 190 valence electrons. The Morgan fingerprint density at radius 2 is 1.62 bits per heavy atom. The molecule has 34 heavy (non-hydrogen) atoms. The number of carboxylic acid groups (broad SMARTS) is 1. The van der Waals surface area contributed by atoms with E-state index in [-0.39, 0.29) is 11.9 Å². The summed E-state index contributed by atoms with van der Waals surface area (Å²) in [6.45, 7) is 19.4. The van der Waals surface area contributed by atoms with Crippen LogP contribution >= 0.6 is 0 Å². The molecule has 0 saturated carbocycles. The van der Waals surface area contributed by atoms with Crippen LogP contribution in [0.5, 0.6) is 0 Å². The Kier molecular flexibility index (Phi) is 7.04. The van der Waals surface area contributed by atoms with Gasteiger partial charge in [0, 0.05) is 44.8 Å². The van der Waals surface area contributed by atoms with Crippen molar-refractivity contribution >= 4 is 18.0 Å². The van der Waals surface area contributed by atoms with E-state index >= 15 is 0 Å². The van der Waals surface area contributed by atoms with Crippen molar-refractivity contribution in [2.24, 2.45) is 5.41 Å². The fourth-order valence-electron chi connectivity index (χ4n) is 5.00. The third-order valence-electron chi connectivity index (χ3n) is 6.75. The average Bonchev–Trinajstić information content (AvgIpc) is 3.18. The Bertz CT molecular complexity index is 950. The van der Waals surface area contributed by atoms with Gasteiger partial charge >= 0.3 is 12.1 Å². The molecule has 1 saturated heterocycles. The van der Waals surface area contributed by atoms with Crippen LogP contribution in [0.3, 0.4) is 0 Å². The van der Waals surface area contributed by atoms with E-state index in [1.807, 2.05) is 60.3 Å². The van der Waals surface area contributed by atoms with Gasteiger partial charge in [-0.15, -0.1) is 0 Å². The molecule has 3 amide bonds. The molecule has 0 bridgehead atoms. The molecule has 3 heterocycles. The molecule has 0 aliphatic carbocycles. The molecule has 0 unspecified atom stereocenters. The SMILES string of the molecule is Cc1nc(C)n2c1CN(CCN1CCN(C(=O)[C@H](N(C(=O)O)C(C)(C)C)C(C)(C)C)CC1)C2=O. The van der Waals surface area contributed by atoms with Crippen molar-refractivity contribution in [2.45, 2.75) is 73.5 Å². The highest BCUT2D eigenvalue weighted by molar-refractivity contribution is 5.86. The molecule has 10 nitrogen and oxygen atoms in total. The Labute approximate surface area is 202 Å². The second kappa shape index (κ2) is 9.20. The number of nitrogens with zero attached hydrogens (tertiary/aromatic N) is 6. The summed E-state index contributed by atoms with van der Waals surface area (Å²) >= 11 is 0. The zero-order valence-corrected chi connectivity index (χ0v) is 21.9. The molecule has 0 radical (unpaired) electrons. The first-order valence-electron chi connectivity index (χ1n) is 12.0. The van der Waals surface area contributed by atoms with Gasteiger partial charge in [-0.2, -0.15) is 0 Å². The molecule has 2 aliphatic rings. The van der Waals surface area contributed by atoms with Crippen molar-refractivity contribution in [1.29, 1.82) is 0 Å². The molecular formula is C24H40N6O4. The molecule has 0 aromatic carbocycles. The van der Waals surface area contributed by atoms with Crippen LogP contribution in [0, 0.1) is 19.3 Å². The third kappa shape index (κ3) is 5.06. The Hall–Kier alpha value is -2.62. The van der Waals surface area contributed by atoms with Crippen molar-refractivity contribution in [3.8, 4) is 0 Å². The lowest BCUT2D eigenvalue weighted by atomic mass is 9.82. The largest absolute Gasteiger partial charge is 0.465 e. The van der Waals surface area contributed by atoms with E-state index in [4.69, 9.17) is 0 Å². The summed E-state index contributed by atoms with van der Waals surface area (Å²) in [7, 11) is 0. The van der Waals surface area contributed by atoms with E-state index in [0.717, 1.165) is 23.8 Å². The first-order chi connectivity index (χ1) is 15.6. The second-order valence-corrected chi connectivity index (χ2v) is 11.5. The van der Waals surface area contributed by atoms with Gasteiger partial charge in [0.15, 0.2) is 0 Å². The minimum atomic E-state index is -1.08. The van der Waals surface area contributed by atoms with Gasteiger partial charge in [0.25, 0.3) is 0 Å². The molecule has 3 rings (SSSR count). The summed E-state index contributed by atoms with van der Waals surface area (Å²) in [6, 6.07) is -0.792. The predicted molar refractivity (Wildman–Crippen MR) is 129 cm³/mol. The van der Waals surface area contributed by atoms with E-state index in [1.165, 1.54) is 4.90 Å². The number of carbonyl (C=O) groups is 3. The summed E-state index contributed by atoms with van der Waals surface area (Å²) < 4.78 is 1.70. The van der Waals surface area contributed by atoms with Gasteiger partial charge in [0.2, 0.25) is 5.91 Å². The summed E-state index contributed by atoms with van der Waals surface area (Å²) in [4.78, 5) is 50.0. The van der Waals surface area contributed by atoms with Crippen LogP contribution in [0.1, 0.15) is 58.8 Å². The zero-order chi connectivity index (χ0) is 25.6. The summed E-state index contributed by atoms with van der Waals surface area (Å²) in [5, 5.41) is 9.92. The number of aromatic nitrogens is 2. The second-order valence-electron chi connectivity index (χ2n) is 11.5. The smallest absolute Gasteiger partial charge is 0.408 e. The van der Waals surface area contributed by atoms with Crippen LogP contribution in [0.15, 0.2) is 0 Å². The lowest BCUT2D eigenvalue weighted by molar-refractivity contribution is -0.144. The molecule has 10 heteroatoms. The number of carbonyl (C=O) groups excluding carboxylic acids is 2. The molecular weight excluding hydrogens is 436 g/mol. The summed E-state index contributed by atoms with van der Waals surface area (Å²) in [6.07, 6.45) is -1.08. The summed E-state index contributed by atoms with van der Waals surface area (Å²) in [5.74, 6) is 0.586. The van der Waals surface area contributed by atoms with Crippen molar-refractivity contribution in [1.82, 2.24) is 29.2 Å². The van der Waals surface area contributed by atoms with Crippen molar-refractivity contribution < 1.29 is 19.5 Å².